The van der Waals surface area contributed by atoms with E-state index in [0.717, 1.165) is 48.9 Å². The van der Waals surface area contributed by atoms with Crippen LogP contribution in [-0.4, -0.2) is 38.8 Å². The van der Waals surface area contributed by atoms with E-state index in [9.17, 15) is 13.6 Å². The van der Waals surface area contributed by atoms with Crippen molar-refractivity contribution in [3.05, 3.63) is 65.6 Å². The molecule has 8 heteroatoms. The first kappa shape index (κ1) is 19.7. The summed E-state index contributed by atoms with van der Waals surface area (Å²) in [6, 6.07) is 9.15. The average molecular weight is 423 g/mol. The fourth-order valence-electron chi connectivity index (χ4n) is 4.31. The molecule has 5 rings (SSSR count). The van der Waals surface area contributed by atoms with E-state index < -0.39 is 0 Å². The molecule has 0 unspecified atom stereocenters. The predicted molar refractivity (Wildman–Crippen MR) is 114 cm³/mol. The van der Waals surface area contributed by atoms with Crippen LogP contribution in [0, 0.1) is 17.6 Å². The lowest BCUT2D eigenvalue weighted by molar-refractivity contribution is -0.126. The second-order valence-electron chi connectivity index (χ2n) is 8.12. The van der Waals surface area contributed by atoms with Gasteiger partial charge in [-0.15, -0.1) is 0 Å². The number of benzene rings is 2. The van der Waals surface area contributed by atoms with Crippen LogP contribution in [0.25, 0.3) is 21.9 Å². The lowest BCUT2D eigenvalue weighted by Gasteiger charge is -2.31. The first-order valence-corrected chi connectivity index (χ1v) is 10.4. The maximum atomic E-state index is 13.6. The third kappa shape index (κ3) is 4.16. The van der Waals surface area contributed by atoms with E-state index in [4.69, 9.17) is 0 Å². The Balaban J connectivity index is 1.14. The minimum absolute atomic E-state index is 0.0143. The predicted octanol–water partition coefficient (Wildman–Crippen LogP) is 3.85. The summed E-state index contributed by atoms with van der Waals surface area (Å²) in [5, 5.41) is 3.85. The molecule has 1 aliphatic rings. The average Bonchev–Trinajstić information content (AvgIpc) is 3.35. The van der Waals surface area contributed by atoms with Gasteiger partial charge in [0.2, 0.25) is 5.91 Å². The van der Waals surface area contributed by atoms with Crippen LogP contribution in [0.5, 0.6) is 0 Å². The zero-order valence-corrected chi connectivity index (χ0v) is 16.9. The second-order valence-corrected chi connectivity index (χ2v) is 8.12. The van der Waals surface area contributed by atoms with E-state index in [-0.39, 0.29) is 30.0 Å². The van der Waals surface area contributed by atoms with Crippen LogP contribution >= 0.6 is 0 Å². The number of rotatable bonds is 5. The highest BCUT2D eigenvalue weighted by atomic mass is 19.1. The molecule has 0 saturated carbocycles. The molecule has 6 nitrogen and oxygen atoms in total. The van der Waals surface area contributed by atoms with Gasteiger partial charge in [0.15, 0.2) is 0 Å². The summed E-state index contributed by atoms with van der Waals surface area (Å²) in [4.78, 5) is 25.5. The van der Waals surface area contributed by atoms with Crippen molar-refractivity contribution in [1.29, 1.82) is 0 Å². The Bertz CT molecular complexity index is 1240. The normalized spacial score (nSPS) is 15.7. The number of aromatic nitrogens is 3. The Hall–Kier alpha value is -3.26. The Morgan fingerprint density at radius 2 is 1.87 bits per heavy atom. The van der Waals surface area contributed by atoms with Gasteiger partial charge in [0, 0.05) is 29.6 Å². The zero-order valence-electron chi connectivity index (χ0n) is 16.9. The molecule has 1 aliphatic heterocycles. The number of halogens is 2. The molecular formula is C23H23F2N5O. The molecule has 0 atom stereocenters. The summed E-state index contributed by atoms with van der Waals surface area (Å²) >= 11 is 0. The smallest absolute Gasteiger partial charge is 0.223 e. The Morgan fingerprint density at radius 3 is 2.71 bits per heavy atom. The Kier molecular flexibility index (Phi) is 5.15. The summed E-state index contributed by atoms with van der Waals surface area (Å²) in [5.74, 6) is 0.0199. The third-order valence-electron chi connectivity index (χ3n) is 6.00. The molecular weight excluding hydrogens is 400 g/mol. The number of imidazole rings is 1. The largest absolute Gasteiger partial charge is 0.361 e. The number of carbonyl (C=O) groups excluding carboxylic acids is 1. The first-order chi connectivity index (χ1) is 15.0. The summed E-state index contributed by atoms with van der Waals surface area (Å²) < 4.78 is 26.9. The number of nitrogens with one attached hydrogen (secondary N) is 3. The molecule has 31 heavy (non-hydrogen) atoms. The van der Waals surface area contributed by atoms with E-state index in [0.29, 0.717) is 16.9 Å². The van der Waals surface area contributed by atoms with Crippen LogP contribution in [0.2, 0.25) is 0 Å². The van der Waals surface area contributed by atoms with Crippen LogP contribution in [0.4, 0.5) is 8.78 Å². The first-order valence-electron chi connectivity index (χ1n) is 10.4. The number of H-pyrrole nitrogens is 2. The lowest BCUT2D eigenvalue weighted by atomic mass is 9.95. The number of piperidine rings is 1. The SMILES string of the molecule is O=C(NCc1nc2ccc(F)cc2[nH]1)C1CCN(Cc2c[nH]c3ccc(F)cc23)CC1. The van der Waals surface area contributed by atoms with Gasteiger partial charge in [0.25, 0.3) is 0 Å². The highest BCUT2D eigenvalue weighted by molar-refractivity contribution is 5.83. The highest BCUT2D eigenvalue weighted by Crippen LogP contribution is 2.24. The summed E-state index contributed by atoms with van der Waals surface area (Å²) in [5.41, 5.74) is 3.29. The monoisotopic (exact) mass is 423 g/mol. The molecule has 0 bridgehead atoms. The number of aromatic amines is 2. The summed E-state index contributed by atoms with van der Waals surface area (Å²) in [7, 11) is 0. The molecule has 3 heterocycles. The molecule has 0 spiro atoms. The summed E-state index contributed by atoms with van der Waals surface area (Å²) in [6.07, 6.45) is 3.48. The number of hydrogen-bond donors (Lipinski definition) is 3. The van der Waals surface area contributed by atoms with Gasteiger partial charge in [0.1, 0.15) is 17.5 Å². The molecule has 0 aliphatic carbocycles. The van der Waals surface area contributed by atoms with Crippen molar-refractivity contribution >= 4 is 27.8 Å². The molecule has 0 radical (unpaired) electrons. The van der Waals surface area contributed by atoms with Crippen molar-refractivity contribution in [3.8, 4) is 0 Å². The van der Waals surface area contributed by atoms with Gasteiger partial charge in [-0.2, -0.15) is 0 Å². The highest BCUT2D eigenvalue weighted by Gasteiger charge is 2.25. The van der Waals surface area contributed by atoms with E-state index in [1.165, 1.54) is 18.2 Å². The molecule has 1 amide bonds. The molecule has 160 valence electrons. The van der Waals surface area contributed by atoms with Gasteiger partial charge in [0.05, 0.1) is 17.6 Å². The van der Waals surface area contributed by atoms with Gasteiger partial charge in [-0.3, -0.25) is 9.69 Å². The maximum Gasteiger partial charge on any atom is 0.223 e. The van der Waals surface area contributed by atoms with E-state index in [1.54, 1.807) is 18.2 Å². The number of carbonyl (C=O) groups is 1. The Morgan fingerprint density at radius 1 is 1.10 bits per heavy atom. The van der Waals surface area contributed by atoms with Gasteiger partial charge < -0.3 is 15.3 Å². The quantitative estimate of drug-likeness (QED) is 0.456. The van der Waals surface area contributed by atoms with Crippen LogP contribution in [-0.2, 0) is 17.9 Å². The van der Waals surface area contributed by atoms with Crippen molar-refractivity contribution < 1.29 is 13.6 Å². The van der Waals surface area contributed by atoms with Crippen LogP contribution in [0.1, 0.15) is 24.2 Å². The molecule has 1 saturated heterocycles. The number of likely N-dealkylation sites (tertiary alicyclic amines) is 1. The van der Waals surface area contributed by atoms with Gasteiger partial charge in [-0.25, -0.2) is 13.8 Å². The number of fused-ring (bicyclic) bond motifs is 2. The number of nitrogens with zero attached hydrogens (tertiary/aromatic N) is 2. The lowest BCUT2D eigenvalue weighted by Crippen LogP contribution is -2.40. The van der Waals surface area contributed by atoms with E-state index >= 15 is 0 Å². The fourth-order valence-corrected chi connectivity index (χ4v) is 4.31. The Labute approximate surface area is 177 Å². The summed E-state index contributed by atoms with van der Waals surface area (Å²) in [6.45, 7) is 2.64. The van der Waals surface area contributed by atoms with Crippen molar-refractivity contribution in [2.75, 3.05) is 13.1 Å². The van der Waals surface area contributed by atoms with Gasteiger partial charge in [-0.05, 0) is 67.9 Å². The van der Waals surface area contributed by atoms with Crippen LogP contribution < -0.4 is 5.32 Å². The standard InChI is InChI=1S/C23H23F2N5O/c24-16-1-3-19-18(9-16)15(11-26-19)13-30-7-5-14(6-8-30)23(31)27-12-22-28-20-4-2-17(25)10-21(20)29-22/h1-4,9-11,14,26H,5-8,12-13H2,(H,27,31)(H,28,29). The molecule has 2 aromatic heterocycles. The molecule has 3 N–H and O–H groups in total. The minimum atomic E-state index is -0.323. The van der Waals surface area contributed by atoms with Crippen LogP contribution in [0.15, 0.2) is 42.6 Å². The number of amides is 1. The topological polar surface area (TPSA) is 76.8 Å². The molecule has 1 fully saturated rings. The van der Waals surface area contributed by atoms with Gasteiger partial charge in [-0.1, -0.05) is 0 Å². The molecule has 2 aromatic carbocycles. The molecule has 4 aromatic rings. The van der Waals surface area contributed by atoms with Crippen molar-refractivity contribution in [2.45, 2.75) is 25.9 Å². The van der Waals surface area contributed by atoms with Crippen molar-refractivity contribution in [3.63, 3.8) is 0 Å². The number of hydrogen-bond acceptors (Lipinski definition) is 3. The van der Waals surface area contributed by atoms with E-state index in [2.05, 4.69) is 25.2 Å². The maximum absolute atomic E-state index is 13.6. The third-order valence-corrected chi connectivity index (χ3v) is 6.00. The van der Waals surface area contributed by atoms with Gasteiger partial charge >= 0.3 is 0 Å². The fraction of sp³-hybridized carbons (Fsp3) is 0.304. The van der Waals surface area contributed by atoms with Crippen molar-refractivity contribution in [1.82, 2.24) is 25.2 Å². The second kappa shape index (κ2) is 8.11. The van der Waals surface area contributed by atoms with E-state index in [1.807, 2.05) is 6.20 Å². The van der Waals surface area contributed by atoms with Crippen molar-refractivity contribution in [2.24, 2.45) is 5.92 Å². The minimum Gasteiger partial charge on any atom is -0.361 e. The zero-order chi connectivity index (χ0) is 21.4. The van der Waals surface area contributed by atoms with Crippen LogP contribution in [0.3, 0.4) is 0 Å².